The number of hydrogen-bond donors (Lipinski definition) is 1. The first kappa shape index (κ1) is 13.2. The maximum absolute atomic E-state index is 10.7. The maximum atomic E-state index is 10.7. The van der Waals surface area contributed by atoms with E-state index in [1.54, 1.807) is 24.3 Å². The van der Waals surface area contributed by atoms with Crippen LogP contribution in [0, 0.1) is 0 Å². The van der Waals surface area contributed by atoms with Crippen LogP contribution >= 0.6 is 24.0 Å². The maximum Gasteiger partial charge on any atom is 0.320 e. The van der Waals surface area contributed by atoms with Crippen LogP contribution in [0.15, 0.2) is 24.3 Å². The third-order valence-corrected chi connectivity index (χ3v) is 1.73. The van der Waals surface area contributed by atoms with Crippen molar-refractivity contribution in [3.63, 3.8) is 0 Å². The van der Waals surface area contributed by atoms with Gasteiger partial charge in [0.25, 0.3) is 0 Å². The number of carbonyl (C=O) groups excluding carboxylic acids is 1. The fourth-order valence-electron chi connectivity index (χ4n) is 0.803. The molecule has 1 aromatic carbocycles. The Hall–Kier alpha value is -0.770. The Kier molecular flexibility index (Phi) is 6.28. The molecule has 0 bridgehead atoms. The van der Waals surface area contributed by atoms with Gasteiger partial charge in [0.1, 0.15) is 6.61 Å². The van der Waals surface area contributed by atoms with Gasteiger partial charge in [-0.15, -0.1) is 12.4 Å². The highest BCUT2D eigenvalue weighted by molar-refractivity contribution is 6.30. The third-order valence-electron chi connectivity index (χ3n) is 1.48. The highest BCUT2D eigenvalue weighted by Gasteiger charge is 1.99. The summed E-state index contributed by atoms with van der Waals surface area (Å²) in [6.45, 7) is 0.154. The monoisotopic (exact) mass is 235 g/mol. The quantitative estimate of drug-likeness (QED) is 0.813. The van der Waals surface area contributed by atoms with Crippen LogP contribution in [0.3, 0.4) is 0 Å². The van der Waals surface area contributed by atoms with E-state index in [0.29, 0.717) is 5.02 Å². The SMILES string of the molecule is Cl.NCC(=O)OCc1ccc(Cl)cc1. The Balaban J connectivity index is 0.00000169. The average molecular weight is 236 g/mol. The Morgan fingerprint density at radius 1 is 1.36 bits per heavy atom. The summed E-state index contributed by atoms with van der Waals surface area (Å²) in [5, 5.41) is 0.661. The zero-order chi connectivity index (χ0) is 9.68. The van der Waals surface area contributed by atoms with Crippen molar-refractivity contribution >= 4 is 30.0 Å². The van der Waals surface area contributed by atoms with Crippen molar-refractivity contribution in [2.45, 2.75) is 6.61 Å². The number of halogens is 2. The van der Waals surface area contributed by atoms with E-state index in [1.807, 2.05) is 0 Å². The molecule has 0 spiro atoms. The fraction of sp³-hybridized carbons (Fsp3) is 0.222. The summed E-state index contributed by atoms with van der Waals surface area (Å²) in [6.07, 6.45) is 0. The van der Waals surface area contributed by atoms with Crippen LogP contribution in [0.5, 0.6) is 0 Å². The van der Waals surface area contributed by atoms with Crippen molar-refractivity contribution in [1.82, 2.24) is 0 Å². The first-order valence-electron chi connectivity index (χ1n) is 3.82. The van der Waals surface area contributed by atoms with E-state index in [2.05, 4.69) is 0 Å². The predicted octanol–water partition coefficient (Wildman–Crippen LogP) is 1.76. The minimum atomic E-state index is -0.407. The number of hydrogen-bond acceptors (Lipinski definition) is 3. The van der Waals surface area contributed by atoms with Gasteiger partial charge < -0.3 is 10.5 Å². The van der Waals surface area contributed by atoms with Crippen LogP contribution in [0.1, 0.15) is 5.56 Å². The van der Waals surface area contributed by atoms with Crippen molar-refractivity contribution in [1.29, 1.82) is 0 Å². The van der Waals surface area contributed by atoms with Gasteiger partial charge in [-0.3, -0.25) is 4.79 Å². The number of rotatable bonds is 3. The molecule has 0 heterocycles. The lowest BCUT2D eigenvalue weighted by molar-refractivity contribution is -0.143. The van der Waals surface area contributed by atoms with Gasteiger partial charge in [0.05, 0.1) is 6.54 Å². The third kappa shape index (κ3) is 4.46. The molecule has 0 aliphatic heterocycles. The van der Waals surface area contributed by atoms with Gasteiger partial charge in [0.2, 0.25) is 0 Å². The molecule has 0 atom stereocenters. The van der Waals surface area contributed by atoms with E-state index in [4.69, 9.17) is 22.1 Å². The molecule has 0 saturated carbocycles. The zero-order valence-electron chi connectivity index (χ0n) is 7.40. The van der Waals surface area contributed by atoms with Gasteiger partial charge in [-0.2, -0.15) is 0 Å². The van der Waals surface area contributed by atoms with E-state index in [0.717, 1.165) is 5.56 Å². The Morgan fingerprint density at radius 2 is 1.93 bits per heavy atom. The van der Waals surface area contributed by atoms with Crippen LogP contribution in [-0.4, -0.2) is 12.5 Å². The largest absolute Gasteiger partial charge is 0.460 e. The molecule has 1 aromatic rings. The smallest absolute Gasteiger partial charge is 0.320 e. The number of benzene rings is 1. The van der Waals surface area contributed by atoms with Gasteiger partial charge in [0.15, 0.2) is 0 Å². The van der Waals surface area contributed by atoms with Crippen LogP contribution in [0.4, 0.5) is 0 Å². The molecule has 0 aliphatic carbocycles. The molecular weight excluding hydrogens is 225 g/mol. The first-order valence-corrected chi connectivity index (χ1v) is 4.20. The summed E-state index contributed by atoms with van der Waals surface area (Å²) in [7, 11) is 0. The van der Waals surface area contributed by atoms with Crippen LogP contribution in [-0.2, 0) is 16.1 Å². The van der Waals surface area contributed by atoms with Crippen LogP contribution in [0.2, 0.25) is 5.02 Å². The Labute approximate surface area is 93.6 Å². The second-order valence-electron chi connectivity index (χ2n) is 2.49. The van der Waals surface area contributed by atoms with E-state index >= 15 is 0 Å². The first-order chi connectivity index (χ1) is 6.22. The molecule has 0 aromatic heterocycles. The van der Waals surface area contributed by atoms with E-state index in [9.17, 15) is 4.79 Å². The second kappa shape index (κ2) is 6.65. The van der Waals surface area contributed by atoms with Crippen molar-refractivity contribution in [2.24, 2.45) is 5.73 Å². The lowest BCUT2D eigenvalue weighted by Gasteiger charge is -2.02. The normalized spacial score (nSPS) is 9.00. The number of carbonyl (C=O) groups is 1. The molecule has 2 N–H and O–H groups in total. The molecule has 1 rings (SSSR count). The highest BCUT2D eigenvalue weighted by Crippen LogP contribution is 2.09. The van der Waals surface area contributed by atoms with Crippen molar-refractivity contribution in [3.8, 4) is 0 Å². The standard InChI is InChI=1S/C9H10ClNO2.ClH/c10-8-3-1-7(2-4-8)6-13-9(12)5-11;/h1-4H,5-6,11H2;1H. The molecule has 0 radical (unpaired) electrons. The van der Waals surface area contributed by atoms with E-state index in [1.165, 1.54) is 0 Å². The Bertz CT molecular complexity index is 287. The molecule has 0 aliphatic rings. The summed E-state index contributed by atoms with van der Waals surface area (Å²) < 4.78 is 4.81. The second-order valence-corrected chi connectivity index (χ2v) is 2.93. The number of nitrogens with two attached hydrogens (primary N) is 1. The molecule has 0 saturated heterocycles. The summed E-state index contributed by atoms with van der Waals surface area (Å²) in [5.41, 5.74) is 5.96. The topological polar surface area (TPSA) is 52.3 Å². The molecule has 0 amide bonds. The molecule has 14 heavy (non-hydrogen) atoms. The lowest BCUT2D eigenvalue weighted by Crippen LogP contribution is -2.16. The van der Waals surface area contributed by atoms with Gasteiger partial charge in [-0.1, -0.05) is 23.7 Å². The van der Waals surface area contributed by atoms with Gasteiger partial charge in [-0.05, 0) is 17.7 Å². The van der Waals surface area contributed by atoms with Gasteiger partial charge in [-0.25, -0.2) is 0 Å². The van der Waals surface area contributed by atoms with Crippen molar-refractivity contribution < 1.29 is 9.53 Å². The van der Waals surface area contributed by atoms with Gasteiger partial charge >= 0.3 is 5.97 Å². The summed E-state index contributed by atoms with van der Waals surface area (Å²) in [6, 6.07) is 7.08. The van der Waals surface area contributed by atoms with Crippen molar-refractivity contribution in [2.75, 3.05) is 6.54 Å². The lowest BCUT2D eigenvalue weighted by atomic mass is 10.2. The minimum absolute atomic E-state index is 0. The average Bonchev–Trinajstić information content (AvgIpc) is 2.16. The van der Waals surface area contributed by atoms with Gasteiger partial charge in [0, 0.05) is 5.02 Å². The fourth-order valence-corrected chi connectivity index (χ4v) is 0.929. The summed E-state index contributed by atoms with van der Waals surface area (Å²) in [4.78, 5) is 10.7. The van der Waals surface area contributed by atoms with Crippen LogP contribution in [0.25, 0.3) is 0 Å². The molecule has 0 fully saturated rings. The highest BCUT2D eigenvalue weighted by atomic mass is 35.5. The molecule has 5 heteroatoms. The summed E-state index contributed by atoms with van der Waals surface area (Å²) in [5.74, 6) is -0.407. The predicted molar refractivity (Wildman–Crippen MR) is 57.6 cm³/mol. The van der Waals surface area contributed by atoms with Crippen LogP contribution < -0.4 is 5.73 Å². The minimum Gasteiger partial charge on any atom is -0.460 e. The Morgan fingerprint density at radius 3 is 2.43 bits per heavy atom. The summed E-state index contributed by atoms with van der Waals surface area (Å²) >= 11 is 5.67. The number of ether oxygens (including phenoxy) is 1. The molecule has 78 valence electrons. The van der Waals surface area contributed by atoms with E-state index in [-0.39, 0.29) is 25.6 Å². The molecular formula is C9H11Cl2NO2. The molecule has 0 unspecified atom stereocenters. The van der Waals surface area contributed by atoms with Crippen molar-refractivity contribution in [3.05, 3.63) is 34.9 Å². The molecule has 3 nitrogen and oxygen atoms in total. The number of esters is 1. The van der Waals surface area contributed by atoms with E-state index < -0.39 is 5.97 Å². The zero-order valence-corrected chi connectivity index (χ0v) is 8.98.